The lowest BCUT2D eigenvalue weighted by Crippen LogP contribution is -2.10. The van der Waals surface area contributed by atoms with E-state index in [4.69, 9.17) is 10.5 Å². The minimum atomic E-state index is -0.372. The van der Waals surface area contributed by atoms with Crippen molar-refractivity contribution >= 4 is 11.5 Å². The van der Waals surface area contributed by atoms with Crippen LogP contribution in [0.5, 0.6) is 0 Å². The molecule has 0 radical (unpaired) electrons. The molecule has 2 N–H and O–H groups in total. The zero-order valence-electron chi connectivity index (χ0n) is 10.2. The van der Waals surface area contributed by atoms with Gasteiger partial charge in [0, 0.05) is 5.70 Å². The topological polar surface area (TPSA) is 52.3 Å². The van der Waals surface area contributed by atoms with Crippen LogP contribution in [0.1, 0.15) is 30.0 Å². The molecule has 0 heterocycles. The molecule has 0 saturated carbocycles. The molecule has 1 aliphatic rings. The highest BCUT2D eigenvalue weighted by atomic mass is 16.5. The zero-order chi connectivity index (χ0) is 12.4. The monoisotopic (exact) mass is 231 g/mol. The first-order chi connectivity index (χ1) is 8.13. The van der Waals surface area contributed by atoms with Crippen molar-refractivity contribution in [2.75, 3.05) is 7.11 Å². The molecular weight excluding hydrogens is 214 g/mol. The first-order valence-electron chi connectivity index (χ1n) is 5.80. The van der Waals surface area contributed by atoms with Crippen molar-refractivity contribution in [2.45, 2.75) is 26.2 Å². The summed E-state index contributed by atoms with van der Waals surface area (Å²) in [7, 11) is 1.37. The Balaban J connectivity index is 2.45. The second kappa shape index (κ2) is 4.62. The van der Waals surface area contributed by atoms with E-state index in [1.54, 1.807) is 6.92 Å². The number of carbonyl (C=O) groups excluding carboxylic acids is 1. The van der Waals surface area contributed by atoms with Gasteiger partial charge in [0.2, 0.25) is 0 Å². The van der Waals surface area contributed by atoms with Crippen LogP contribution in [-0.2, 0) is 22.4 Å². The van der Waals surface area contributed by atoms with Crippen molar-refractivity contribution in [3.05, 3.63) is 40.6 Å². The van der Waals surface area contributed by atoms with Crippen molar-refractivity contribution in [2.24, 2.45) is 5.73 Å². The van der Waals surface area contributed by atoms with Gasteiger partial charge in [-0.2, -0.15) is 0 Å². The van der Waals surface area contributed by atoms with E-state index in [1.165, 1.54) is 24.7 Å². The molecule has 0 bridgehead atoms. The number of esters is 1. The van der Waals surface area contributed by atoms with Gasteiger partial charge in [0.15, 0.2) is 0 Å². The number of nitrogens with two attached hydrogens (primary N) is 1. The lowest BCUT2D eigenvalue weighted by Gasteiger charge is -2.09. The Bertz CT molecular complexity index is 485. The van der Waals surface area contributed by atoms with E-state index in [0.29, 0.717) is 11.3 Å². The van der Waals surface area contributed by atoms with Crippen LogP contribution in [0.2, 0.25) is 0 Å². The van der Waals surface area contributed by atoms with Gasteiger partial charge in [-0.1, -0.05) is 18.2 Å². The Kier molecular flexibility index (Phi) is 3.18. The maximum Gasteiger partial charge on any atom is 0.340 e. The molecule has 0 spiro atoms. The number of fused-ring (bicyclic) bond motifs is 1. The maximum atomic E-state index is 11.7. The summed E-state index contributed by atoms with van der Waals surface area (Å²) in [6.07, 6.45) is 3.41. The molecule has 2 rings (SSSR count). The highest BCUT2D eigenvalue weighted by Gasteiger charge is 2.18. The van der Waals surface area contributed by atoms with E-state index in [0.717, 1.165) is 18.4 Å². The van der Waals surface area contributed by atoms with Crippen LogP contribution >= 0.6 is 0 Å². The molecule has 1 aromatic rings. The molecular formula is C14H17NO2. The predicted octanol–water partition coefficient (Wildman–Crippen LogP) is 2.04. The summed E-state index contributed by atoms with van der Waals surface area (Å²) in [5.41, 5.74) is 10.3. The summed E-state index contributed by atoms with van der Waals surface area (Å²) in [6, 6.07) is 6.10. The fraction of sp³-hybridized carbons (Fsp3) is 0.357. The van der Waals surface area contributed by atoms with Crippen LogP contribution < -0.4 is 5.73 Å². The van der Waals surface area contributed by atoms with Gasteiger partial charge in [-0.25, -0.2) is 4.79 Å². The quantitative estimate of drug-likeness (QED) is 0.626. The first kappa shape index (κ1) is 11.7. The largest absolute Gasteiger partial charge is 0.465 e. The molecule has 90 valence electrons. The number of rotatable bonds is 2. The highest BCUT2D eigenvalue weighted by molar-refractivity contribution is 6.17. The second-order valence-corrected chi connectivity index (χ2v) is 4.39. The Morgan fingerprint density at radius 1 is 1.29 bits per heavy atom. The highest BCUT2D eigenvalue weighted by Crippen LogP contribution is 2.27. The van der Waals surface area contributed by atoms with Gasteiger partial charge in [0.05, 0.1) is 12.7 Å². The molecule has 0 aliphatic heterocycles. The molecule has 3 nitrogen and oxygen atoms in total. The van der Waals surface area contributed by atoms with E-state index in [2.05, 4.69) is 12.1 Å². The van der Waals surface area contributed by atoms with Gasteiger partial charge in [-0.15, -0.1) is 0 Å². The summed E-state index contributed by atoms with van der Waals surface area (Å²) in [5, 5.41) is 0. The Labute approximate surface area is 101 Å². The van der Waals surface area contributed by atoms with E-state index >= 15 is 0 Å². The van der Waals surface area contributed by atoms with Gasteiger partial charge in [-0.05, 0) is 42.9 Å². The average Bonchev–Trinajstić information content (AvgIpc) is 2.75. The number of aryl methyl sites for hydroxylation is 2. The molecule has 1 aromatic carbocycles. The summed E-state index contributed by atoms with van der Waals surface area (Å²) in [5.74, 6) is -0.372. The Morgan fingerprint density at radius 2 is 2.00 bits per heavy atom. The van der Waals surface area contributed by atoms with E-state index < -0.39 is 0 Å². The first-order valence-corrected chi connectivity index (χ1v) is 5.80. The Hall–Kier alpha value is -1.77. The number of hydrogen-bond acceptors (Lipinski definition) is 3. The van der Waals surface area contributed by atoms with Crippen molar-refractivity contribution in [3.63, 3.8) is 0 Å². The van der Waals surface area contributed by atoms with Crippen LogP contribution in [0.25, 0.3) is 5.57 Å². The predicted molar refractivity (Wildman–Crippen MR) is 67.3 cm³/mol. The van der Waals surface area contributed by atoms with Crippen LogP contribution in [0.3, 0.4) is 0 Å². The summed E-state index contributed by atoms with van der Waals surface area (Å²) >= 11 is 0. The third kappa shape index (κ3) is 2.18. The molecule has 0 fully saturated rings. The SMILES string of the molecule is COC(=O)/C(=C(/C)N)c1ccc2c(c1)CCC2. The molecule has 17 heavy (non-hydrogen) atoms. The fourth-order valence-electron chi connectivity index (χ4n) is 2.34. The smallest absolute Gasteiger partial charge is 0.340 e. The van der Waals surface area contributed by atoms with Gasteiger partial charge in [0.25, 0.3) is 0 Å². The van der Waals surface area contributed by atoms with Crippen LogP contribution in [0.15, 0.2) is 23.9 Å². The lowest BCUT2D eigenvalue weighted by atomic mass is 9.99. The van der Waals surface area contributed by atoms with E-state index in [1.807, 2.05) is 6.07 Å². The second-order valence-electron chi connectivity index (χ2n) is 4.39. The van der Waals surface area contributed by atoms with Gasteiger partial charge in [0.1, 0.15) is 0 Å². The van der Waals surface area contributed by atoms with Gasteiger partial charge >= 0.3 is 5.97 Å². The van der Waals surface area contributed by atoms with Crippen molar-refractivity contribution in [3.8, 4) is 0 Å². The number of hydrogen-bond donors (Lipinski definition) is 1. The number of benzene rings is 1. The number of ether oxygens (including phenoxy) is 1. The summed E-state index contributed by atoms with van der Waals surface area (Å²) in [6.45, 7) is 1.72. The molecule has 0 amide bonds. The van der Waals surface area contributed by atoms with Crippen LogP contribution in [0.4, 0.5) is 0 Å². The zero-order valence-corrected chi connectivity index (χ0v) is 10.2. The molecule has 3 heteroatoms. The van der Waals surface area contributed by atoms with E-state index in [9.17, 15) is 4.79 Å². The third-order valence-electron chi connectivity index (χ3n) is 3.17. The van der Waals surface area contributed by atoms with Crippen molar-refractivity contribution < 1.29 is 9.53 Å². The molecule has 0 atom stereocenters. The van der Waals surface area contributed by atoms with Gasteiger partial charge in [-0.3, -0.25) is 0 Å². The molecule has 1 aliphatic carbocycles. The van der Waals surface area contributed by atoms with Crippen molar-refractivity contribution in [1.29, 1.82) is 0 Å². The third-order valence-corrected chi connectivity index (χ3v) is 3.17. The summed E-state index contributed by atoms with van der Waals surface area (Å²) in [4.78, 5) is 11.7. The molecule has 0 unspecified atom stereocenters. The average molecular weight is 231 g/mol. The summed E-state index contributed by atoms with van der Waals surface area (Å²) < 4.78 is 4.77. The molecule has 0 saturated heterocycles. The lowest BCUT2D eigenvalue weighted by molar-refractivity contribution is -0.133. The fourth-order valence-corrected chi connectivity index (χ4v) is 2.34. The van der Waals surface area contributed by atoms with Crippen molar-refractivity contribution in [1.82, 2.24) is 0 Å². The normalized spacial score (nSPS) is 15.2. The van der Waals surface area contributed by atoms with E-state index in [-0.39, 0.29) is 5.97 Å². The maximum absolute atomic E-state index is 11.7. The number of allylic oxidation sites excluding steroid dienone is 1. The minimum Gasteiger partial charge on any atom is -0.465 e. The van der Waals surface area contributed by atoms with Crippen LogP contribution in [0, 0.1) is 0 Å². The van der Waals surface area contributed by atoms with Crippen LogP contribution in [-0.4, -0.2) is 13.1 Å². The number of carbonyl (C=O) groups is 1. The van der Waals surface area contributed by atoms with Gasteiger partial charge < -0.3 is 10.5 Å². The Morgan fingerprint density at radius 3 is 2.65 bits per heavy atom. The standard InChI is InChI=1S/C14H17NO2/c1-9(15)13(14(16)17-2)12-7-6-10-4-3-5-11(10)8-12/h6-8H,3-5,15H2,1-2H3/b13-9-. The number of methoxy groups -OCH3 is 1. The minimum absolute atomic E-state index is 0.372. The molecule has 0 aromatic heterocycles.